The van der Waals surface area contributed by atoms with E-state index in [1.54, 1.807) is 14.2 Å². The zero-order valence-corrected chi connectivity index (χ0v) is 10.2. The summed E-state index contributed by atoms with van der Waals surface area (Å²) in [6, 6.07) is 8.35. The SMILES string of the molecule is COCCCNCc1ccccc1COC. The topological polar surface area (TPSA) is 30.5 Å². The number of benzene rings is 1. The highest BCUT2D eigenvalue weighted by molar-refractivity contribution is 5.26. The number of rotatable bonds is 8. The molecule has 1 N–H and O–H groups in total. The first-order valence-corrected chi connectivity index (χ1v) is 5.64. The smallest absolute Gasteiger partial charge is 0.0716 e. The molecule has 3 heteroatoms. The molecule has 0 fully saturated rings. The fourth-order valence-electron chi connectivity index (χ4n) is 1.59. The Kier molecular flexibility index (Phi) is 6.81. The van der Waals surface area contributed by atoms with Crippen molar-refractivity contribution in [2.75, 3.05) is 27.4 Å². The lowest BCUT2D eigenvalue weighted by atomic mass is 10.1. The zero-order valence-electron chi connectivity index (χ0n) is 10.2. The van der Waals surface area contributed by atoms with Crippen LogP contribution in [-0.4, -0.2) is 27.4 Å². The van der Waals surface area contributed by atoms with Crippen molar-refractivity contribution in [3.8, 4) is 0 Å². The van der Waals surface area contributed by atoms with Crippen molar-refractivity contribution >= 4 is 0 Å². The summed E-state index contributed by atoms with van der Waals surface area (Å²) in [5.41, 5.74) is 2.56. The van der Waals surface area contributed by atoms with Gasteiger partial charge in [0.05, 0.1) is 6.61 Å². The third-order valence-electron chi connectivity index (χ3n) is 2.44. The van der Waals surface area contributed by atoms with Gasteiger partial charge in [-0.3, -0.25) is 0 Å². The molecule has 0 atom stereocenters. The highest BCUT2D eigenvalue weighted by Crippen LogP contribution is 2.09. The number of hydrogen-bond acceptors (Lipinski definition) is 3. The first-order valence-electron chi connectivity index (χ1n) is 5.64. The minimum Gasteiger partial charge on any atom is -0.385 e. The van der Waals surface area contributed by atoms with Crippen molar-refractivity contribution in [1.82, 2.24) is 5.32 Å². The molecule has 0 saturated heterocycles. The van der Waals surface area contributed by atoms with Gasteiger partial charge in [-0.05, 0) is 24.1 Å². The molecule has 0 aliphatic rings. The molecular formula is C13H21NO2. The molecule has 0 aromatic heterocycles. The van der Waals surface area contributed by atoms with E-state index in [0.717, 1.165) is 26.1 Å². The van der Waals surface area contributed by atoms with E-state index in [2.05, 4.69) is 23.5 Å². The quantitative estimate of drug-likeness (QED) is 0.683. The number of ether oxygens (including phenoxy) is 2. The Morgan fingerprint density at radius 3 is 2.50 bits per heavy atom. The number of nitrogens with one attached hydrogen (secondary N) is 1. The van der Waals surface area contributed by atoms with Gasteiger partial charge in [-0.2, -0.15) is 0 Å². The average Bonchev–Trinajstić information content (AvgIpc) is 2.31. The van der Waals surface area contributed by atoms with Crippen LogP contribution in [0.15, 0.2) is 24.3 Å². The largest absolute Gasteiger partial charge is 0.385 e. The Bertz CT molecular complexity index is 289. The van der Waals surface area contributed by atoms with Gasteiger partial charge in [0.2, 0.25) is 0 Å². The molecule has 0 aliphatic carbocycles. The summed E-state index contributed by atoms with van der Waals surface area (Å²) in [6.07, 6.45) is 1.04. The predicted octanol–water partition coefficient (Wildman–Crippen LogP) is 1.96. The summed E-state index contributed by atoms with van der Waals surface area (Å²) in [7, 11) is 3.46. The van der Waals surface area contributed by atoms with Gasteiger partial charge >= 0.3 is 0 Å². The van der Waals surface area contributed by atoms with Crippen LogP contribution in [-0.2, 0) is 22.6 Å². The summed E-state index contributed by atoms with van der Waals surface area (Å²) in [5.74, 6) is 0. The highest BCUT2D eigenvalue weighted by Gasteiger charge is 2.00. The van der Waals surface area contributed by atoms with E-state index < -0.39 is 0 Å². The van der Waals surface area contributed by atoms with E-state index in [1.807, 2.05) is 6.07 Å². The third kappa shape index (κ3) is 4.75. The molecule has 1 aromatic rings. The fourth-order valence-corrected chi connectivity index (χ4v) is 1.59. The van der Waals surface area contributed by atoms with Crippen molar-refractivity contribution in [3.05, 3.63) is 35.4 Å². The Hall–Kier alpha value is -0.900. The first-order chi connectivity index (χ1) is 7.88. The Morgan fingerprint density at radius 2 is 1.81 bits per heavy atom. The maximum absolute atomic E-state index is 5.17. The van der Waals surface area contributed by atoms with Crippen LogP contribution in [0.5, 0.6) is 0 Å². The Balaban J connectivity index is 2.34. The number of methoxy groups -OCH3 is 2. The number of hydrogen-bond donors (Lipinski definition) is 1. The molecule has 0 aliphatic heterocycles. The highest BCUT2D eigenvalue weighted by atomic mass is 16.5. The maximum Gasteiger partial charge on any atom is 0.0716 e. The molecule has 0 heterocycles. The molecule has 90 valence electrons. The van der Waals surface area contributed by atoms with Crippen molar-refractivity contribution in [3.63, 3.8) is 0 Å². The molecule has 1 aromatic carbocycles. The molecule has 0 radical (unpaired) electrons. The molecule has 1 rings (SSSR count). The third-order valence-corrected chi connectivity index (χ3v) is 2.44. The monoisotopic (exact) mass is 223 g/mol. The van der Waals surface area contributed by atoms with Gasteiger partial charge in [-0.1, -0.05) is 24.3 Å². The second-order valence-electron chi connectivity index (χ2n) is 3.72. The molecule has 0 amide bonds. The first kappa shape index (κ1) is 13.2. The van der Waals surface area contributed by atoms with Crippen molar-refractivity contribution in [1.29, 1.82) is 0 Å². The van der Waals surface area contributed by atoms with E-state index in [9.17, 15) is 0 Å². The van der Waals surface area contributed by atoms with Gasteiger partial charge in [0, 0.05) is 27.4 Å². The standard InChI is InChI=1S/C13H21NO2/c1-15-9-5-8-14-10-12-6-3-4-7-13(12)11-16-2/h3-4,6-7,14H,5,8-11H2,1-2H3. The summed E-state index contributed by atoms with van der Waals surface area (Å²) in [6.45, 7) is 3.36. The second kappa shape index (κ2) is 8.28. The van der Waals surface area contributed by atoms with Crippen LogP contribution in [0.25, 0.3) is 0 Å². The molecule has 0 saturated carbocycles. The summed E-state index contributed by atoms with van der Waals surface area (Å²) < 4.78 is 10.2. The van der Waals surface area contributed by atoms with Crippen LogP contribution in [0.1, 0.15) is 17.5 Å². The summed E-state index contributed by atoms with van der Waals surface area (Å²) >= 11 is 0. The van der Waals surface area contributed by atoms with Gasteiger partial charge in [0.15, 0.2) is 0 Å². The molecule has 0 unspecified atom stereocenters. The van der Waals surface area contributed by atoms with E-state index in [1.165, 1.54) is 11.1 Å². The molecule has 3 nitrogen and oxygen atoms in total. The zero-order chi connectivity index (χ0) is 11.6. The van der Waals surface area contributed by atoms with Crippen LogP contribution in [0.2, 0.25) is 0 Å². The lowest BCUT2D eigenvalue weighted by Crippen LogP contribution is -2.17. The predicted molar refractivity (Wildman–Crippen MR) is 65.4 cm³/mol. The molecule has 0 bridgehead atoms. The molecule has 0 spiro atoms. The lowest BCUT2D eigenvalue weighted by Gasteiger charge is -2.09. The van der Waals surface area contributed by atoms with Crippen LogP contribution in [0, 0.1) is 0 Å². The minimum absolute atomic E-state index is 0.677. The molecule has 16 heavy (non-hydrogen) atoms. The maximum atomic E-state index is 5.17. The van der Waals surface area contributed by atoms with E-state index in [0.29, 0.717) is 6.61 Å². The van der Waals surface area contributed by atoms with Gasteiger partial charge in [-0.25, -0.2) is 0 Å². The summed E-state index contributed by atoms with van der Waals surface area (Å²) in [4.78, 5) is 0. The molecular weight excluding hydrogens is 202 g/mol. The van der Waals surface area contributed by atoms with E-state index in [4.69, 9.17) is 9.47 Å². The van der Waals surface area contributed by atoms with Crippen LogP contribution in [0.3, 0.4) is 0 Å². The Labute approximate surface area is 97.8 Å². The van der Waals surface area contributed by atoms with Crippen molar-refractivity contribution in [2.45, 2.75) is 19.6 Å². The fraction of sp³-hybridized carbons (Fsp3) is 0.538. The Morgan fingerprint density at radius 1 is 1.06 bits per heavy atom. The van der Waals surface area contributed by atoms with Crippen LogP contribution < -0.4 is 5.32 Å². The van der Waals surface area contributed by atoms with Crippen LogP contribution in [0.4, 0.5) is 0 Å². The van der Waals surface area contributed by atoms with Gasteiger partial charge in [-0.15, -0.1) is 0 Å². The van der Waals surface area contributed by atoms with Crippen molar-refractivity contribution in [2.24, 2.45) is 0 Å². The lowest BCUT2D eigenvalue weighted by molar-refractivity contribution is 0.183. The van der Waals surface area contributed by atoms with E-state index >= 15 is 0 Å². The van der Waals surface area contributed by atoms with Gasteiger partial charge in [0.25, 0.3) is 0 Å². The van der Waals surface area contributed by atoms with E-state index in [-0.39, 0.29) is 0 Å². The normalized spacial score (nSPS) is 10.6. The van der Waals surface area contributed by atoms with Gasteiger partial charge in [0.1, 0.15) is 0 Å². The second-order valence-corrected chi connectivity index (χ2v) is 3.72. The summed E-state index contributed by atoms with van der Waals surface area (Å²) in [5, 5.41) is 3.40. The van der Waals surface area contributed by atoms with Crippen molar-refractivity contribution < 1.29 is 9.47 Å². The minimum atomic E-state index is 0.677. The average molecular weight is 223 g/mol. The van der Waals surface area contributed by atoms with Crippen LogP contribution >= 0.6 is 0 Å². The van der Waals surface area contributed by atoms with Gasteiger partial charge < -0.3 is 14.8 Å².